The lowest BCUT2D eigenvalue weighted by Gasteiger charge is -2.19. The maximum atomic E-state index is 11.8. The largest absolute Gasteiger partial charge is 0.394 e. The molecule has 0 aliphatic heterocycles. The van der Waals surface area contributed by atoms with Crippen LogP contribution in [0.2, 0.25) is 0 Å². The first-order valence-electron chi connectivity index (χ1n) is 5.60. The van der Waals surface area contributed by atoms with E-state index in [1.165, 1.54) is 4.68 Å². The fraction of sp³-hybridized carbons (Fsp3) is 0.636. The molecule has 2 N–H and O–H groups in total. The van der Waals surface area contributed by atoms with Crippen LogP contribution in [0.15, 0.2) is 15.5 Å². The highest BCUT2D eigenvalue weighted by molar-refractivity contribution is 9.10. The minimum Gasteiger partial charge on any atom is -0.394 e. The topological polar surface area (TPSA) is 67.2 Å². The van der Waals surface area contributed by atoms with Crippen molar-refractivity contribution in [3.8, 4) is 0 Å². The van der Waals surface area contributed by atoms with E-state index in [0.29, 0.717) is 16.1 Å². The number of hydrogen-bond acceptors (Lipinski definition) is 4. The van der Waals surface area contributed by atoms with Gasteiger partial charge in [0.2, 0.25) is 0 Å². The molecule has 0 bridgehead atoms. The van der Waals surface area contributed by atoms with Crippen molar-refractivity contribution in [2.45, 2.75) is 33.4 Å². The Hall–Kier alpha value is -0.880. The summed E-state index contributed by atoms with van der Waals surface area (Å²) in [6.07, 6.45) is 1.60. The van der Waals surface area contributed by atoms with Crippen LogP contribution in [0.1, 0.15) is 20.8 Å². The molecule has 0 spiro atoms. The van der Waals surface area contributed by atoms with Gasteiger partial charge in [-0.1, -0.05) is 13.8 Å². The third-order valence-electron chi connectivity index (χ3n) is 2.68. The van der Waals surface area contributed by atoms with Gasteiger partial charge < -0.3 is 10.4 Å². The van der Waals surface area contributed by atoms with E-state index < -0.39 is 0 Å². The Labute approximate surface area is 109 Å². The minimum atomic E-state index is -0.236. The molecule has 1 rings (SSSR count). The van der Waals surface area contributed by atoms with E-state index in [1.54, 1.807) is 6.20 Å². The zero-order chi connectivity index (χ0) is 13.0. The van der Waals surface area contributed by atoms with E-state index in [1.807, 2.05) is 0 Å². The molecular formula is C11H18BrN3O2. The molecule has 1 heterocycles. The summed E-state index contributed by atoms with van der Waals surface area (Å²) in [6, 6.07) is 0.251. The third kappa shape index (κ3) is 3.54. The highest BCUT2D eigenvalue weighted by Crippen LogP contribution is 2.18. The predicted molar refractivity (Wildman–Crippen MR) is 71.2 cm³/mol. The van der Waals surface area contributed by atoms with Crippen molar-refractivity contribution in [3.05, 3.63) is 21.0 Å². The van der Waals surface area contributed by atoms with Crippen molar-refractivity contribution in [1.29, 1.82) is 0 Å². The van der Waals surface area contributed by atoms with E-state index in [2.05, 4.69) is 47.1 Å². The summed E-state index contributed by atoms with van der Waals surface area (Å²) in [4.78, 5) is 11.8. The van der Waals surface area contributed by atoms with Gasteiger partial charge in [-0.15, -0.1) is 0 Å². The number of hydrogen-bond donors (Lipinski definition) is 2. The van der Waals surface area contributed by atoms with Gasteiger partial charge >= 0.3 is 0 Å². The molecular weight excluding hydrogens is 286 g/mol. The first-order chi connectivity index (χ1) is 7.97. The molecule has 96 valence electrons. The van der Waals surface area contributed by atoms with E-state index in [-0.39, 0.29) is 24.8 Å². The maximum Gasteiger partial charge on any atom is 0.283 e. The molecule has 1 atom stereocenters. The van der Waals surface area contributed by atoms with Crippen LogP contribution in [-0.4, -0.2) is 27.5 Å². The highest BCUT2D eigenvalue weighted by Gasteiger charge is 2.12. The molecule has 0 fully saturated rings. The number of anilines is 1. The number of halogens is 1. The monoisotopic (exact) mass is 303 g/mol. The SMILES string of the molecule is CC(C)C(C)Nc1cnn(CCO)c(=O)c1Br. The van der Waals surface area contributed by atoms with Crippen LogP contribution in [0.4, 0.5) is 5.69 Å². The number of nitrogens with zero attached hydrogens (tertiary/aromatic N) is 2. The first-order valence-corrected chi connectivity index (χ1v) is 6.39. The van der Waals surface area contributed by atoms with E-state index in [0.717, 1.165) is 0 Å². The molecule has 6 heteroatoms. The fourth-order valence-corrected chi connectivity index (χ4v) is 1.65. The summed E-state index contributed by atoms with van der Waals surface area (Å²) in [5.74, 6) is 0.460. The Morgan fingerprint density at radius 1 is 1.53 bits per heavy atom. The standard InChI is InChI=1S/C11H18BrN3O2/c1-7(2)8(3)14-9-6-13-15(4-5-16)11(17)10(9)12/h6-8,14,16H,4-5H2,1-3H3. The molecule has 17 heavy (non-hydrogen) atoms. The average Bonchev–Trinajstić information content (AvgIpc) is 2.28. The normalized spacial score (nSPS) is 12.8. The summed E-state index contributed by atoms with van der Waals surface area (Å²) in [7, 11) is 0. The van der Waals surface area contributed by atoms with Gasteiger partial charge in [0.1, 0.15) is 4.47 Å². The van der Waals surface area contributed by atoms with Crippen LogP contribution in [0.3, 0.4) is 0 Å². The van der Waals surface area contributed by atoms with Crippen molar-refractivity contribution in [3.63, 3.8) is 0 Å². The molecule has 0 aliphatic carbocycles. The molecule has 1 unspecified atom stereocenters. The molecule has 0 saturated carbocycles. The molecule has 1 aromatic rings. The lowest BCUT2D eigenvalue weighted by molar-refractivity contribution is 0.266. The quantitative estimate of drug-likeness (QED) is 0.864. The third-order valence-corrected chi connectivity index (χ3v) is 3.45. The van der Waals surface area contributed by atoms with E-state index in [4.69, 9.17) is 5.11 Å². The summed E-state index contributed by atoms with van der Waals surface area (Å²) >= 11 is 3.26. The number of aliphatic hydroxyl groups is 1. The van der Waals surface area contributed by atoms with Crippen molar-refractivity contribution in [1.82, 2.24) is 9.78 Å². The smallest absolute Gasteiger partial charge is 0.283 e. The van der Waals surface area contributed by atoms with Gasteiger partial charge in [-0.05, 0) is 28.8 Å². The molecule has 0 saturated heterocycles. The zero-order valence-corrected chi connectivity index (χ0v) is 11.9. The second kappa shape index (κ2) is 6.16. The number of nitrogens with one attached hydrogen (secondary N) is 1. The van der Waals surface area contributed by atoms with Crippen LogP contribution in [0, 0.1) is 5.92 Å². The van der Waals surface area contributed by atoms with Crippen molar-refractivity contribution in [2.75, 3.05) is 11.9 Å². The van der Waals surface area contributed by atoms with E-state index >= 15 is 0 Å². The number of aliphatic hydroxyl groups excluding tert-OH is 1. The van der Waals surface area contributed by atoms with Crippen molar-refractivity contribution < 1.29 is 5.11 Å². The molecule has 0 aliphatic rings. The van der Waals surface area contributed by atoms with Crippen LogP contribution in [-0.2, 0) is 6.54 Å². The van der Waals surface area contributed by atoms with Crippen molar-refractivity contribution >= 4 is 21.6 Å². The van der Waals surface area contributed by atoms with Crippen LogP contribution in [0.25, 0.3) is 0 Å². The number of aromatic nitrogens is 2. The second-order valence-electron chi connectivity index (χ2n) is 4.30. The Morgan fingerprint density at radius 3 is 2.71 bits per heavy atom. The fourth-order valence-electron chi connectivity index (χ4n) is 1.23. The predicted octanol–water partition coefficient (Wildman–Crippen LogP) is 1.45. The maximum absolute atomic E-state index is 11.8. The van der Waals surface area contributed by atoms with Crippen LogP contribution < -0.4 is 10.9 Å². The van der Waals surface area contributed by atoms with Gasteiger partial charge in [0, 0.05) is 6.04 Å². The first kappa shape index (κ1) is 14.2. The Bertz CT molecular complexity index is 431. The molecule has 1 aromatic heterocycles. The molecule has 0 amide bonds. The molecule has 0 radical (unpaired) electrons. The van der Waals surface area contributed by atoms with E-state index in [9.17, 15) is 4.79 Å². The zero-order valence-electron chi connectivity index (χ0n) is 10.3. The Balaban J connectivity index is 2.96. The Morgan fingerprint density at radius 2 is 2.18 bits per heavy atom. The Kier molecular flexibility index (Phi) is 5.14. The lowest BCUT2D eigenvalue weighted by atomic mass is 10.1. The summed E-state index contributed by atoms with van der Waals surface area (Å²) < 4.78 is 1.68. The number of rotatable bonds is 5. The van der Waals surface area contributed by atoms with Gasteiger partial charge in [0.15, 0.2) is 0 Å². The summed E-state index contributed by atoms with van der Waals surface area (Å²) in [5.41, 5.74) is 0.449. The van der Waals surface area contributed by atoms with Crippen LogP contribution in [0.5, 0.6) is 0 Å². The summed E-state index contributed by atoms with van der Waals surface area (Å²) in [5, 5.41) is 16.0. The highest BCUT2D eigenvalue weighted by atomic mass is 79.9. The summed E-state index contributed by atoms with van der Waals surface area (Å²) in [6.45, 7) is 6.36. The van der Waals surface area contributed by atoms with Gasteiger partial charge in [-0.3, -0.25) is 4.79 Å². The second-order valence-corrected chi connectivity index (χ2v) is 5.09. The van der Waals surface area contributed by atoms with Gasteiger partial charge in [-0.2, -0.15) is 5.10 Å². The molecule has 0 aromatic carbocycles. The van der Waals surface area contributed by atoms with Gasteiger partial charge in [0.05, 0.1) is 25.0 Å². The van der Waals surface area contributed by atoms with Crippen molar-refractivity contribution in [2.24, 2.45) is 5.92 Å². The average molecular weight is 304 g/mol. The lowest BCUT2D eigenvalue weighted by Crippen LogP contribution is -2.28. The minimum absolute atomic E-state index is 0.103. The van der Waals surface area contributed by atoms with Gasteiger partial charge in [-0.25, -0.2) is 4.68 Å². The van der Waals surface area contributed by atoms with Gasteiger partial charge in [0.25, 0.3) is 5.56 Å². The van der Waals surface area contributed by atoms with Crippen LogP contribution >= 0.6 is 15.9 Å². The molecule has 5 nitrogen and oxygen atoms in total.